The second-order valence-electron chi connectivity index (χ2n) is 5.12. The van der Waals surface area contributed by atoms with Crippen molar-refractivity contribution in [1.82, 2.24) is 0 Å². The van der Waals surface area contributed by atoms with Crippen molar-refractivity contribution in [3.63, 3.8) is 0 Å². The Balaban J connectivity index is 1.95. The molecule has 0 spiro atoms. The highest BCUT2D eigenvalue weighted by Gasteiger charge is 2.36. The summed E-state index contributed by atoms with van der Waals surface area (Å²) in [7, 11) is 0. The molecule has 2 rings (SSSR count). The van der Waals surface area contributed by atoms with Gasteiger partial charge in [0.15, 0.2) is 0 Å². The standard InChI is InChI=1S/C12H20OS/c1-8-3-4-10(5-9(8)2)11-6-14-7-12(11)13/h8-11H,3-7H2,1-2H3. The van der Waals surface area contributed by atoms with Crippen LogP contribution < -0.4 is 0 Å². The number of hydrogen-bond acceptors (Lipinski definition) is 2. The SMILES string of the molecule is CC1CCC(C2CSCC2=O)CC1C. The summed E-state index contributed by atoms with van der Waals surface area (Å²) in [5.74, 6) is 5.23. The van der Waals surface area contributed by atoms with Crippen LogP contribution in [0.4, 0.5) is 0 Å². The molecule has 1 aliphatic carbocycles. The fourth-order valence-corrected chi connectivity index (χ4v) is 4.09. The lowest BCUT2D eigenvalue weighted by molar-refractivity contribution is -0.121. The summed E-state index contributed by atoms with van der Waals surface area (Å²) >= 11 is 1.84. The minimum absolute atomic E-state index is 0.412. The maximum absolute atomic E-state index is 11.6. The molecule has 1 saturated carbocycles. The number of thioether (sulfide) groups is 1. The van der Waals surface area contributed by atoms with Crippen molar-refractivity contribution in [1.29, 1.82) is 0 Å². The predicted molar refractivity (Wildman–Crippen MR) is 61.5 cm³/mol. The Morgan fingerprint density at radius 2 is 2.00 bits per heavy atom. The zero-order chi connectivity index (χ0) is 10.1. The van der Waals surface area contributed by atoms with Gasteiger partial charge in [0.2, 0.25) is 0 Å². The second kappa shape index (κ2) is 4.26. The number of rotatable bonds is 1. The third kappa shape index (κ3) is 2.00. The predicted octanol–water partition coefficient (Wildman–Crippen LogP) is 2.99. The first-order valence-electron chi connectivity index (χ1n) is 5.79. The monoisotopic (exact) mass is 212 g/mol. The number of hydrogen-bond donors (Lipinski definition) is 0. The maximum Gasteiger partial charge on any atom is 0.146 e. The van der Waals surface area contributed by atoms with Gasteiger partial charge in [0.05, 0.1) is 5.75 Å². The van der Waals surface area contributed by atoms with E-state index in [9.17, 15) is 4.79 Å². The van der Waals surface area contributed by atoms with E-state index in [1.807, 2.05) is 11.8 Å². The Kier molecular flexibility index (Phi) is 3.20. The van der Waals surface area contributed by atoms with Gasteiger partial charge in [-0.25, -0.2) is 0 Å². The van der Waals surface area contributed by atoms with Gasteiger partial charge in [-0.3, -0.25) is 4.79 Å². The summed E-state index contributed by atoms with van der Waals surface area (Å²) in [6.45, 7) is 4.70. The zero-order valence-electron chi connectivity index (χ0n) is 9.16. The molecule has 2 aliphatic rings. The van der Waals surface area contributed by atoms with Crippen LogP contribution >= 0.6 is 11.8 Å². The summed E-state index contributed by atoms with van der Waals surface area (Å²) in [6.07, 6.45) is 3.92. The van der Waals surface area contributed by atoms with Crippen molar-refractivity contribution in [2.45, 2.75) is 33.1 Å². The van der Waals surface area contributed by atoms with E-state index in [1.54, 1.807) is 0 Å². The molecule has 0 bridgehead atoms. The quantitative estimate of drug-likeness (QED) is 0.664. The molecule has 0 aromatic carbocycles. The van der Waals surface area contributed by atoms with Gasteiger partial charge >= 0.3 is 0 Å². The number of carbonyl (C=O) groups excluding carboxylic acids is 1. The number of carbonyl (C=O) groups is 1. The van der Waals surface area contributed by atoms with Gasteiger partial charge in [-0.1, -0.05) is 20.3 Å². The highest BCUT2D eigenvalue weighted by molar-refractivity contribution is 8.00. The Labute approximate surface area is 91.0 Å². The first-order chi connectivity index (χ1) is 6.68. The van der Waals surface area contributed by atoms with Gasteiger partial charge in [-0.15, -0.1) is 0 Å². The summed E-state index contributed by atoms with van der Waals surface area (Å²) in [4.78, 5) is 11.6. The second-order valence-corrected chi connectivity index (χ2v) is 6.15. The summed E-state index contributed by atoms with van der Waals surface area (Å²) in [5, 5.41) is 0. The zero-order valence-corrected chi connectivity index (χ0v) is 9.98. The average molecular weight is 212 g/mol. The first-order valence-corrected chi connectivity index (χ1v) is 6.94. The van der Waals surface area contributed by atoms with E-state index in [2.05, 4.69) is 13.8 Å². The smallest absolute Gasteiger partial charge is 0.146 e. The lowest BCUT2D eigenvalue weighted by Gasteiger charge is -2.34. The molecule has 80 valence electrons. The molecular formula is C12H20OS. The van der Waals surface area contributed by atoms with Crippen LogP contribution in [0.5, 0.6) is 0 Å². The molecule has 1 saturated heterocycles. The van der Waals surface area contributed by atoms with Crippen molar-refractivity contribution >= 4 is 17.5 Å². The summed E-state index contributed by atoms with van der Waals surface area (Å²) < 4.78 is 0. The van der Waals surface area contributed by atoms with Gasteiger partial charge in [-0.05, 0) is 30.6 Å². The van der Waals surface area contributed by atoms with Crippen LogP contribution in [0.2, 0.25) is 0 Å². The molecule has 4 unspecified atom stereocenters. The van der Waals surface area contributed by atoms with E-state index >= 15 is 0 Å². The lowest BCUT2D eigenvalue weighted by Crippen LogP contribution is -2.29. The number of Topliss-reactive ketones (excluding diaryl/α,β-unsaturated/α-hetero) is 1. The van der Waals surface area contributed by atoms with Crippen molar-refractivity contribution in [2.24, 2.45) is 23.7 Å². The van der Waals surface area contributed by atoms with Gasteiger partial charge < -0.3 is 0 Å². The topological polar surface area (TPSA) is 17.1 Å². The fourth-order valence-electron chi connectivity index (χ4n) is 2.84. The van der Waals surface area contributed by atoms with Crippen LogP contribution in [0.3, 0.4) is 0 Å². The van der Waals surface area contributed by atoms with Crippen LogP contribution in [0.1, 0.15) is 33.1 Å². The molecule has 2 fully saturated rings. The van der Waals surface area contributed by atoms with Crippen molar-refractivity contribution in [3.8, 4) is 0 Å². The molecule has 1 heterocycles. The van der Waals surface area contributed by atoms with E-state index in [0.717, 1.165) is 23.3 Å². The molecule has 2 heteroatoms. The average Bonchev–Trinajstić information content (AvgIpc) is 2.57. The van der Waals surface area contributed by atoms with E-state index < -0.39 is 0 Å². The van der Waals surface area contributed by atoms with Crippen molar-refractivity contribution < 1.29 is 4.79 Å². The van der Waals surface area contributed by atoms with Crippen molar-refractivity contribution in [2.75, 3.05) is 11.5 Å². The van der Waals surface area contributed by atoms with Crippen LogP contribution in [-0.4, -0.2) is 17.3 Å². The van der Waals surface area contributed by atoms with Gasteiger partial charge in [0.1, 0.15) is 5.78 Å². The molecular weight excluding hydrogens is 192 g/mol. The molecule has 14 heavy (non-hydrogen) atoms. The van der Waals surface area contributed by atoms with E-state index in [0.29, 0.717) is 17.6 Å². The van der Waals surface area contributed by atoms with Crippen LogP contribution in [0.15, 0.2) is 0 Å². The minimum Gasteiger partial charge on any atom is -0.298 e. The highest BCUT2D eigenvalue weighted by Crippen LogP contribution is 2.40. The highest BCUT2D eigenvalue weighted by atomic mass is 32.2. The lowest BCUT2D eigenvalue weighted by atomic mass is 9.71. The molecule has 0 N–H and O–H groups in total. The normalized spacial score (nSPS) is 44.3. The summed E-state index contributed by atoms with van der Waals surface area (Å²) in [6, 6.07) is 0. The van der Waals surface area contributed by atoms with Crippen LogP contribution in [-0.2, 0) is 4.79 Å². The molecule has 1 nitrogen and oxygen atoms in total. The third-order valence-corrected chi connectivity index (χ3v) is 5.25. The molecule has 1 aliphatic heterocycles. The molecule has 0 aromatic rings. The molecule has 0 amide bonds. The Morgan fingerprint density at radius 3 is 2.57 bits per heavy atom. The Morgan fingerprint density at radius 1 is 1.21 bits per heavy atom. The van der Waals surface area contributed by atoms with Crippen LogP contribution in [0.25, 0.3) is 0 Å². The van der Waals surface area contributed by atoms with E-state index in [-0.39, 0.29) is 0 Å². The maximum atomic E-state index is 11.6. The fraction of sp³-hybridized carbons (Fsp3) is 0.917. The minimum atomic E-state index is 0.412. The third-order valence-electron chi connectivity index (χ3n) is 4.16. The largest absolute Gasteiger partial charge is 0.298 e. The van der Waals surface area contributed by atoms with Gasteiger partial charge in [-0.2, -0.15) is 11.8 Å². The van der Waals surface area contributed by atoms with Crippen molar-refractivity contribution in [3.05, 3.63) is 0 Å². The molecule has 0 aromatic heterocycles. The first kappa shape index (κ1) is 10.5. The Bertz CT molecular complexity index is 226. The Hall–Kier alpha value is 0.0200. The van der Waals surface area contributed by atoms with E-state index in [1.165, 1.54) is 19.3 Å². The summed E-state index contributed by atoms with van der Waals surface area (Å²) in [5.41, 5.74) is 0. The van der Waals surface area contributed by atoms with E-state index in [4.69, 9.17) is 0 Å². The van der Waals surface area contributed by atoms with Crippen LogP contribution in [0, 0.1) is 23.7 Å². The molecule has 4 atom stereocenters. The van der Waals surface area contributed by atoms with Gasteiger partial charge in [0.25, 0.3) is 0 Å². The number of ketones is 1. The van der Waals surface area contributed by atoms with Gasteiger partial charge in [0, 0.05) is 11.7 Å². The molecule has 0 radical (unpaired) electrons.